The molecule has 0 aliphatic carbocycles. The SMILES string of the molecule is C[C@@H]1CN(C(=O)c2cc(Cl)cc(Cl)c2)C[C@@H](C)O1. The summed E-state index contributed by atoms with van der Waals surface area (Å²) in [6, 6.07) is 4.89. The number of halogens is 2. The van der Waals surface area contributed by atoms with E-state index in [0.29, 0.717) is 28.7 Å². The molecule has 3 nitrogen and oxygen atoms in total. The highest BCUT2D eigenvalue weighted by Gasteiger charge is 2.26. The first-order chi connectivity index (χ1) is 8.45. The van der Waals surface area contributed by atoms with Gasteiger partial charge < -0.3 is 9.64 Å². The van der Waals surface area contributed by atoms with Crippen molar-refractivity contribution in [3.63, 3.8) is 0 Å². The molecule has 1 aromatic carbocycles. The minimum Gasteiger partial charge on any atom is -0.372 e. The second-order valence-corrected chi connectivity index (χ2v) is 5.50. The van der Waals surface area contributed by atoms with Gasteiger partial charge in [0.25, 0.3) is 5.91 Å². The van der Waals surface area contributed by atoms with Crippen LogP contribution in [0.2, 0.25) is 10.0 Å². The fourth-order valence-corrected chi connectivity index (χ4v) is 2.73. The molecule has 18 heavy (non-hydrogen) atoms. The van der Waals surface area contributed by atoms with Gasteiger partial charge in [0.1, 0.15) is 0 Å². The summed E-state index contributed by atoms with van der Waals surface area (Å²) in [7, 11) is 0. The Morgan fingerprint density at radius 1 is 1.17 bits per heavy atom. The molecular formula is C13H15Cl2NO2. The molecule has 1 heterocycles. The average molecular weight is 288 g/mol. The van der Waals surface area contributed by atoms with E-state index in [0.717, 1.165) is 0 Å². The number of rotatable bonds is 1. The third kappa shape index (κ3) is 3.16. The summed E-state index contributed by atoms with van der Waals surface area (Å²) in [6.07, 6.45) is 0.0970. The van der Waals surface area contributed by atoms with Gasteiger partial charge in [0, 0.05) is 28.7 Å². The van der Waals surface area contributed by atoms with Crippen LogP contribution in [0.15, 0.2) is 18.2 Å². The maximum absolute atomic E-state index is 12.3. The van der Waals surface area contributed by atoms with Gasteiger partial charge in [-0.3, -0.25) is 4.79 Å². The maximum atomic E-state index is 12.3. The smallest absolute Gasteiger partial charge is 0.254 e. The Morgan fingerprint density at radius 2 is 1.67 bits per heavy atom. The van der Waals surface area contributed by atoms with E-state index in [-0.39, 0.29) is 18.1 Å². The van der Waals surface area contributed by atoms with Gasteiger partial charge in [-0.25, -0.2) is 0 Å². The van der Waals surface area contributed by atoms with E-state index in [4.69, 9.17) is 27.9 Å². The first kappa shape index (κ1) is 13.7. The minimum atomic E-state index is -0.0543. The van der Waals surface area contributed by atoms with E-state index >= 15 is 0 Å². The number of morpholine rings is 1. The quantitative estimate of drug-likeness (QED) is 0.794. The van der Waals surface area contributed by atoms with Crippen LogP contribution in [-0.2, 0) is 4.74 Å². The van der Waals surface area contributed by atoms with Crippen LogP contribution in [-0.4, -0.2) is 36.1 Å². The zero-order valence-corrected chi connectivity index (χ0v) is 11.8. The molecule has 1 amide bonds. The lowest BCUT2D eigenvalue weighted by Gasteiger charge is -2.35. The predicted octanol–water partition coefficient (Wildman–Crippen LogP) is 3.24. The van der Waals surface area contributed by atoms with Crippen LogP contribution in [0.5, 0.6) is 0 Å². The number of amides is 1. The molecule has 98 valence electrons. The summed E-state index contributed by atoms with van der Waals surface area (Å²) in [6.45, 7) is 5.10. The first-order valence-electron chi connectivity index (χ1n) is 5.86. The molecule has 0 spiro atoms. The maximum Gasteiger partial charge on any atom is 0.254 e. The molecule has 0 radical (unpaired) electrons. The van der Waals surface area contributed by atoms with Crippen molar-refractivity contribution in [3.05, 3.63) is 33.8 Å². The molecule has 1 fully saturated rings. The van der Waals surface area contributed by atoms with Gasteiger partial charge in [-0.2, -0.15) is 0 Å². The highest BCUT2D eigenvalue weighted by atomic mass is 35.5. The third-order valence-corrected chi connectivity index (χ3v) is 3.25. The van der Waals surface area contributed by atoms with Crippen LogP contribution in [0.3, 0.4) is 0 Å². The van der Waals surface area contributed by atoms with Crippen LogP contribution < -0.4 is 0 Å². The molecule has 0 bridgehead atoms. The van der Waals surface area contributed by atoms with Gasteiger partial charge in [-0.15, -0.1) is 0 Å². The van der Waals surface area contributed by atoms with Crippen molar-refractivity contribution < 1.29 is 9.53 Å². The number of carbonyl (C=O) groups excluding carboxylic acids is 1. The zero-order valence-electron chi connectivity index (χ0n) is 10.3. The molecule has 0 unspecified atom stereocenters. The van der Waals surface area contributed by atoms with Crippen LogP contribution in [0.1, 0.15) is 24.2 Å². The van der Waals surface area contributed by atoms with Gasteiger partial charge in [0.2, 0.25) is 0 Å². The Bertz CT molecular complexity index is 434. The first-order valence-corrected chi connectivity index (χ1v) is 6.62. The average Bonchev–Trinajstić information content (AvgIpc) is 2.25. The number of hydrogen-bond donors (Lipinski definition) is 0. The van der Waals surface area contributed by atoms with E-state index < -0.39 is 0 Å². The molecule has 1 aromatic rings. The Labute approximate surface area is 117 Å². The second kappa shape index (κ2) is 5.47. The van der Waals surface area contributed by atoms with Crippen molar-refractivity contribution in [2.24, 2.45) is 0 Å². The summed E-state index contributed by atoms with van der Waals surface area (Å²) >= 11 is 11.8. The molecule has 1 aliphatic heterocycles. The summed E-state index contributed by atoms with van der Waals surface area (Å²) in [5, 5.41) is 0.945. The summed E-state index contributed by atoms with van der Waals surface area (Å²) in [5.74, 6) is -0.0543. The molecule has 0 aromatic heterocycles. The third-order valence-electron chi connectivity index (χ3n) is 2.82. The highest BCUT2D eigenvalue weighted by molar-refractivity contribution is 6.35. The van der Waals surface area contributed by atoms with Gasteiger partial charge in [0.15, 0.2) is 0 Å². The lowest BCUT2D eigenvalue weighted by atomic mass is 10.1. The Morgan fingerprint density at radius 3 is 2.17 bits per heavy atom. The van der Waals surface area contributed by atoms with Crippen LogP contribution in [0, 0.1) is 0 Å². The van der Waals surface area contributed by atoms with E-state index in [2.05, 4.69) is 0 Å². The molecular weight excluding hydrogens is 273 g/mol. The van der Waals surface area contributed by atoms with Crippen molar-refractivity contribution in [2.45, 2.75) is 26.1 Å². The van der Waals surface area contributed by atoms with Crippen LogP contribution >= 0.6 is 23.2 Å². The van der Waals surface area contributed by atoms with Crippen molar-refractivity contribution in [3.8, 4) is 0 Å². The summed E-state index contributed by atoms with van der Waals surface area (Å²) in [4.78, 5) is 14.1. The number of hydrogen-bond acceptors (Lipinski definition) is 2. The van der Waals surface area contributed by atoms with Crippen molar-refractivity contribution >= 4 is 29.1 Å². The Balaban J connectivity index is 2.20. The number of nitrogens with zero attached hydrogens (tertiary/aromatic N) is 1. The normalized spacial score (nSPS) is 24.1. The van der Waals surface area contributed by atoms with Gasteiger partial charge in [-0.1, -0.05) is 23.2 Å². The largest absolute Gasteiger partial charge is 0.372 e. The molecule has 1 saturated heterocycles. The zero-order chi connectivity index (χ0) is 13.3. The van der Waals surface area contributed by atoms with Crippen LogP contribution in [0.25, 0.3) is 0 Å². The number of carbonyl (C=O) groups is 1. The second-order valence-electron chi connectivity index (χ2n) is 4.63. The fraction of sp³-hybridized carbons (Fsp3) is 0.462. The molecule has 0 N–H and O–H groups in total. The van der Waals surface area contributed by atoms with Crippen molar-refractivity contribution in [2.75, 3.05) is 13.1 Å². The van der Waals surface area contributed by atoms with E-state index in [1.54, 1.807) is 23.1 Å². The Hall–Kier alpha value is -0.770. The van der Waals surface area contributed by atoms with Crippen LogP contribution in [0.4, 0.5) is 0 Å². The molecule has 0 saturated carbocycles. The van der Waals surface area contributed by atoms with E-state index in [1.165, 1.54) is 0 Å². The molecule has 5 heteroatoms. The number of benzene rings is 1. The number of ether oxygens (including phenoxy) is 1. The van der Waals surface area contributed by atoms with Crippen molar-refractivity contribution in [1.82, 2.24) is 4.90 Å². The topological polar surface area (TPSA) is 29.5 Å². The van der Waals surface area contributed by atoms with E-state index in [1.807, 2.05) is 13.8 Å². The summed E-state index contributed by atoms with van der Waals surface area (Å²) in [5.41, 5.74) is 0.522. The van der Waals surface area contributed by atoms with Gasteiger partial charge in [-0.05, 0) is 32.0 Å². The monoisotopic (exact) mass is 287 g/mol. The standard InChI is InChI=1S/C13H15Cl2NO2/c1-8-6-16(7-9(2)18-8)13(17)10-3-11(14)5-12(15)4-10/h3-5,8-9H,6-7H2,1-2H3/t8-,9-/m1/s1. The predicted molar refractivity (Wildman–Crippen MR) is 72.4 cm³/mol. The molecule has 1 aliphatic rings. The molecule has 2 rings (SSSR count). The van der Waals surface area contributed by atoms with Crippen molar-refractivity contribution in [1.29, 1.82) is 0 Å². The summed E-state index contributed by atoms with van der Waals surface area (Å²) < 4.78 is 5.60. The lowest BCUT2D eigenvalue weighted by Crippen LogP contribution is -2.48. The van der Waals surface area contributed by atoms with Gasteiger partial charge >= 0.3 is 0 Å². The highest BCUT2D eigenvalue weighted by Crippen LogP contribution is 2.21. The Kier molecular flexibility index (Phi) is 4.15. The van der Waals surface area contributed by atoms with E-state index in [9.17, 15) is 4.79 Å². The fourth-order valence-electron chi connectivity index (χ4n) is 2.20. The minimum absolute atomic E-state index is 0.0485. The van der Waals surface area contributed by atoms with Gasteiger partial charge in [0.05, 0.1) is 12.2 Å². The molecule has 2 atom stereocenters. The lowest BCUT2D eigenvalue weighted by molar-refractivity contribution is -0.0586.